The molecule has 2 heterocycles. The number of aryl methyl sites for hydroxylation is 4. The second kappa shape index (κ2) is 17.0. The lowest BCUT2D eigenvalue weighted by molar-refractivity contribution is 0.941. The minimum atomic E-state index is 0.758. The van der Waals surface area contributed by atoms with Gasteiger partial charge in [-0.25, -0.2) is 0 Å². The summed E-state index contributed by atoms with van der Waals surface area (Å²) in [6.07, 6.45) is 12.6. The van der Waals surface area contributed by atoms with Crippen molar-refractivity contribution in [1.29, 1.82) is 0 Å². The highest BCUT2D eigenvalue weighted by molar-refractivity contribution is 5.78. The van der Waals surface area contributed by atoms with Crippen molar-refractivity contribution in [2.75, 3.05) is 16.3 Å². The predicted octanol–water partition coefficient (Wildman–Crippen LogP) is 13.0. The van der Waals surface area contributed by atoms with Gasteiger partial charge in [0.05, 0.1) is 11.4 Å². The summed E-state index contributed by atoms with van der Waals surface area (Å²) in [6, 6.07) is 60.5. The molecule has 1 aliphatic rings. The summed E-state index contributed by atoms with van der Waals surface area (Å²) >= 11 is 0. The summed E-state index contributed by atoms with van der Waals surface area (Å²) in [7, 11) is 0. The van der Waals surface area contributed by atoms with Crippen LogP contribution in [-0.2, 0) is 12.8 Å². The molecule has 0 spiro atoms. The van der Waals surface area contributed by atoms with Crippen molar-refractivity contribution in [3.8, 4) is 0 Å². The number of nitrogens with one attached hydrogen (secondary N) is 1. The minimum Gasteiger partial charge on any atom is -0.380 e. The number of hydrogen-bond donors (Lipinski definition) is 1. The molecule has 0 saturated carbocycles. The molecule has 0 unspecified atom stereocenters. The molecule has 0 bridgehead atoms. The molecule has 4 heteroatoms. The molecule has 0 aliphatic carbocycles. The average molecular weight is 727 g/mol. The van der Waals surface area contributed by atoms with Gasteiger partial charge in [-0.2, -0.15) is 0 Å². The number of rotatable bonds is 12. The van der Waals surface area contributed by atoms with E-state index in [1.165, 1.54) is 22.3 Å². The molecule has 56 heavy (non-hydrogen) atoms. The van der Waals surface area contributed by atoms with Crippen molar-refractivity contribution in [2.24, 2.45) is 0 Å². The predicted molar refractivity (Wildman–Crippen MR) is 236 cm³/mol. The number of allylic oxidation sites excluding steroid dienone is 3. The molecule has 0 atom stereocenters. The summed E-state index contributed by atoms with van der Waals surface area (Å²) in [4.78, 5) is 9.37. The van der Waals surface area contributed by atoms with Gasteiger partial charge >= 0.3 is 0 Å². The van der Waals surface area contributed by atoms with Gasteiger partial charge in [0.1, 0.15) is 0 Å². The molecule has 8 rings (SSSR count). The normalized spacial score (nSPS) is 12.5. The lowest BCUT2D eigenvalue weighted by Gasteiger charge is -2.26. The zero-order chi connectivity index (χ0) is 38.1. The highest BCUT2D eigenvalue weighted by atomic mass is 15.1. The SMILES string of the molecule is Cc1cccc(N(c2ccccc2)c2ccc(/C=C/C3=CCNC(c4cc(CCc5ccc(N(c6ccccc6)c6cccc(C)c6)cc5)ccn4)=C3)cc2)c1. The monoisotopic (exact) mass is 726 g/mol. The van der Waals surface area contributed by atoms with Gasteiger partial charge in [0.2, 0.25) is 0 Å². The second-order valence-electron chi connectivity index (χ2n) is 14.3. The molecule has 0 radical (unpaired) electrons. The van der Waals surface area contributed by atoms with E-state index in [-0.39, 0.29) is 0 Å². The fourth-order valence-electron chi connectivity index (χ4n) is 7.22. The number of anilines is 6. The molecule has 1 aliphatic heterocycles. The van der Waals surface area contributed by atoms with Gasteiger partial charge in [-0.15, -0.1) is 0 Å². The van der Waals surface area contributed by atoms with Gasteiger partial charge in [-0.3, -0.25) is 4.98 Å². The Morgan fingerprint density at radius 1 is 0.518 bits per heavy atom. The van der Waals surface area contributed by atoms with Crippen LogP contribution in [0.25, 0.3) is 11.8 Å². The lowest BCUT2D eigenvalue weighted by Crippen LogP contribution is -2.17. The molecule has 1 N–H and O–H groups in total. The van der Waals surface area contributed by atoms with Crippen LogP contribution in [0.1, 0.15) is 33.5 Å². The molecule has 0 amide bonds. The van der Waals surface area contributed by atoms with Gasteiger partial charge in [0.25, 0.3) is 0 Å². The number of hydrogen-bond acceptors (Lipinski definition) is 4. The molecule has 6 aromatic carbocycles. The Labute approximate surface area is 331 Å². The molecule has 4 nitrogen and oxygen atoms in total. The summed E-state index contributed by atoms with van der Waals surface area (Å²) in [5.41, 5.74) is 16.2. The first-order valence-electron chi connectivity index (χ1n) is 19.4. The fraction of sp³-hybridized carbons (Fsp3) is 0.0962. The Hall–Kier alpha value is -6.91. The summed E-state index contributed by atoms with van der Waals surface area (Å²) in [6.45, 7) is 5.03. The fourth-order valence-corrected chi connectivity index (χ4v) is 7.22. The number of aromatic nitrogens is 1. The standard InChI is InChI=1S/C52H46N4/c1-39-11-9-17-49(35-39)55(45-13-5-3-6-14-45)47-27-23-41(24-28-47)19-21-43-31-33-53-51(37-43)52-38-44(32-34-54-52)22-20-42-25-29-48(30-26-42)56(46-15-7-4-8-16-46)50-18-10-12-40(2)36-50/h3-19,21,23-32,34-38,53H,20,22,33H2,1-2H3/b21-19+. The van der Waals surface area contributed by atoms with E-state index in [2.05, 4.69) is 223 Å². The van der Waals surface area contributed by atoms with Crippen LogP contribution >= 0.6 is 0 Å². The topological polar surface area (TPSA) is 31.4 Å². The second-order valence-corrected chi connectivity index (χ2v) is 14.3. The summed E-state index contributed by atoms with van der Waals surface area (Å²) < 4.78 is 0. The van der Waals surface area contributed by atoms with Crippen LogP contribution in [0, 0.1) is 13.8 Å². The van der Waals surface area contributed by atoms with Crippen molar-refractivity contribution in [3.05, 3.63) is 233 Å². The first-order valence-corrected chi connectivity index (χ1v) is 19.4. The van der Waals surface area contributed by atoms with E-state index >= 15 is 0 Å². The van der Waals surface area contributed by atoms with Crippen LogP contribution < -0.4 is 15.1 Å². The minimum absolute atomic E-state index is 0.758. The van der Waals surface area contributed by atoms with Crippen LogP contribution in [-0.4, -0.2) is 11.5 Å². The van der Waals surface area contributed by atoms with E-state index in [1.807, 2.05) is 6.20 Å². The molecule has 0 fully saturated rings. The van der Waals surface area contributed by atoms with E-state index in [9.17, 15) is 0 Å². The summed E-state index contributed by atoms with van der Waals surface area (Å²) in [5, 5.41) is 3.54. The number of dihydropyridines is 1. The Morgan fingerprint density at radius 3 is 1.64 bits per heavy atom. The lowest BCUT2D eigenvalue weighted by atomic mass is 10.0. The maximum atomic E-state index is 4.75. The van der Waals surface area contributed by atoms with Gasteiger partial charge in [0, 0.05) is 46.9 Å². The number of para-hydroxylation sites is 2. The van der Waals surface area contributed by atoms with Crippen LogP contribution in [0.5, 0.6) is 0 Å². The van der Waals surface area contributed by atoms with Crippen LogP contribution in [0.15, 0.2) is 200 Å². The number of pyridine rings is 1. The van der Waals surface area contributed by atoms with Crippen molar-refractivity contribution in [3.63, 3.8) is 0 Å². The van der Waals surface area contributed by atoms with Crippen LogP contribution in [0.2, 0.25) is 0 Å². The third-order valence-corrected chi connectivity index (χ3v) is 10.1. The van der Waals surface area contributed by atoms with Gasteiger partial charge in [0.15, 0.2) is 0 Å². The van der Waals surface area contributed by atoms with E-state index in [4.69, 9.17) is 4.98 Å². The Morgan fingerprint density at radius 2 is 1.05 bits per heavy atom. The van der Waals surface area contributed by atoms with E-state index in [0.29, 0.717) is 0 Å². The van der Waals surface area contributed by atoms with Crippen molar-refractivity contribution in [2.45, 2.75) is 26.7 Å². The maximum Gasteiger partial charge on any atom is 0.0863 e. The van der Waals surface area contributed by atoms with Crippen molar-refractivity contribution < 1.29 is 0 Å². The highest BCUT2D eigenvalue weighted by Crippen LogP contribution is 2.36. The molecule has 274 valence electrons. The molecular weight excluding hydrogens is 681 g/mol. The first kappa shape index (κ1) is 36.1. The third kappa shape index (κ3) is 8.72. The zero-order valence-electron chi connectivity index (χ0n) is 32.0. The maximum absolute atomic E-state index is 4.75. The highest BCUT2D eigenvalue weighted by Gasteiger charge is 2.14. The zero-order valence-corrected chi connectivity index (χ0v) is 32.0. The first-order chi connectivity index (χ1) is 27.6. The number of nitrogens with zero attached hydrogens (tertiary/aromatic N) is 3. The van der Waals surface area contributed by atoms with Crippen molar-refractivity contribution in [1.82, 2.24) is 10.3 Å². The average Bonchev–Trinajstić information content (AvgIpc) is 3.24. The van der Waals surface area contributed by atoms with E-state index in [0.717, 1.165) is 76.0 Å². The van der Waals surface area contributed by atoms with Crippen molar-refractivity contribution >= 4 is 45.9 Å². The van der Waals surface area contributed by atoms with E-state index < -0.39 is 0 Å². The Kier molecular flexibility index (Phi) is 11.0. The molecular formula is C52H46N4. The van der Waals surface area contributed by atoms with E-state index in [1.54, 1.807) is 0 Å². The molecule has 1 aromatic heterocycles. The molecule has 0 saturated heterocycles. The quantitative estimate of drug-likeness (QED) is 0.136. The smallest absolute Gasteiger partial charge is 0.0863 e. The molecule has 7 aromatic rings. The largest absolute Gasteiger partial charge is 0.380 e. The van der Waals surface area contributed by atoms with Gasteiger partial charge < -0.3 is 15.1 Å². The third-order valence-electron chi connectivity index (χ3n) is 10.1. The Bertz CT molecular complexity index is 2480. The van der Waals surface area contributed by atoms with Crippen LogP contribution in [0.4, 0.5) is 34.1 Å². The summed E-state index contributed by atoms with van der Waals surface area (Å²) in [5.74, 6) is 0. The number of benzene rings is 6. The van der Waals surface area contributed by atoms with Crippen LogP contribution in [0.3, 0.4) is 0 Å². The van der Waals surface area contributed by atoms with Gasteiger partial charge in [-0.1, -0.05) is 103 Å². The van der Waals surface area contributed by atoms with Gasteiger partial charge in [-0.05, 0) is 151 Å². The Balaban J connectivity index is 0.928.